The summed E-state index contributed by atoms with van der Waals surface area (Å²) in [4.78, 5) is 15.1. The fourth-order valence-corrected chi connectivity index (χ4v) is 2.59. The number of halogens is 1. The third-order valence-electron chi connectivity index (χ3n) is 3.68. The number of unbranched alkanes of at least 4 members (excludes halogenated alkanes) is 1. The number of aliphatic carboxylic acids is 1. The number of benzene rings is 1. The fraction of sp³-hybridized carbons (Fsp3) is 0.467. The zero-order valence-electron chi connectivity index (χ0n) is 11.2. The van der Waals surface area contributed by atoms with E-state index in [0.717, 1.165) is 42.5 Å². The van der Waals surface area contributed by atoms with Crippen molar-refractivity contribution in [3.05, 3.63) is 29.8 Å². The molecule has 1 aliphatic rings. The van der Waals surface area contributed by atoms with Crippen LogP contribution < -0.4 is 0 Å². The quantitative estimate of drug-likeness (QED) is 0.823. The molecule has 2 aromatic rings. The monoisotopic (exact) mass is 276 g/mol. The van der Waals surface area contributed by atoms with Gasteiger partial charge in [-0.05, 0) is 43.9 Å². The fourth-order valence-electron chi connectivity index (χ4n) is 2.59. The molecule has 1 N–H and O–H groups in total. The Balaban J connectivity index is 1.82. The summed E-state index contributed by atoms with van der Waals surface area (Å²) in [5.74, 6) is -0.0435. The molecule has 0 amide bonds. The first-order valence-electron chi connectivity index (χ1n) is 7.03. The van der Waals surface area contributed by atoms with Gasteiger partial charge in [0.2, 0.25) is 0 Å². The van der Waals surface area contributed by atoms with Gasteiger partial charge in [-0.15, -0.1) is 0 Å². The molecule has 0 aliphatic heterocycles. The minimum Gasteiger partial charge on any atom is -0.481 e. The third-order valence-corrected chi connectivity index (χ3v) is 3.68. The van der Waals surface area contributed by atoms with E-state index in [1.54, 1.807) is 12.1 Å². The number of imidazole rings is 1. The largest absolute Gasteiger partial charge is 0.481 e. The second kappa shape index (κ2) is 5.23. The molecule has 3 rings (SSSR count). The Morgan fingerprint density at radius 1 is 1.40 bits per heavy atom. The normalized spacial score (nSPS) is 14.8. The van der Waals surface area contributed by atoms with Gasteiger partial charge in [0.15, 0.2) is 0 Å². The number of carbonyl (C=O) groups is 1. The van der Waals surface area contributed by atoms with Crippen LogP contribution in [0.5, 0.6) is 0 Å². The Hall–Kier alpha value is -1.91. The topological polar surface area (TPSA) is 55.1 Å². The number of carboxylic acids is 1. The summed E-state index contributed by atoms with van der Waals surface area (Å²) in [6.45, 7) is 0. The van der Waals surface area contributed by atoms with Crippen LogP contribution in [0, 0.1) is 5.82 Å². The predicted molar refractivity (Wildman–Crippen MR) is 73.2 cm³/mol. The number of aryl methyl sites for hydroxylation is 1. The van der Waals surface area contributed by atoms with Crippen molar-refractivity contribution >= 4 is 17.0 Å². The SMILES string of the molecule is O=C(O)CCCCc1nc2ccc(F)cc2n1C1CC1. The van der Waals surface area contributed by atoms with Crippen LogP contribution in [0.2, 0.25) is 0 Å². The van der Waals surface area contributed by atoms with E-state index >= 15 is 0 Å². The molecule has 0 unspecified atom stereocenters. The first kappa shape index (κ1) is 13.1. The zero-order chi connectivity index (χ0) is 14.1. The predicted octanol–water partition coefficient (Wildman–Crippen LogP) is 3.31. The maximum Gasteiger partial charge on any atom is 0.303 e. The molecule has 5 heteroatoms. The summed E-state index contributed by atoms with van der Waals surface area (Å²) in [6, 6.07) is 5.13. The maximum atomic E-state index is 13.4. The minimum absolute atomic E-state index is 0.193. The number of rotatable bonds is 6. The van der Waals surface area contributed by atoms with E-state index in [1.807, 2.05) is 0 Å². The molecule has 106 valence electrons. The summed E-state index contributed by atoms with van der Waals surface area (Å²) in [6.07, 6.45) is 4.62. The van der Waals surface area contributed by atoms with Crippen LogP contribution in [0.4, 0.5) is 4.39 Å². The Bertz CT molecular complexity index is 647. The minimum atomic E-state index is -0.761. The molecule has 0 bridgehead atoms. The Morgan fingerprint density at radius 3 is 2.90 bits per heavy atom. The van der Waals surface area contributed by atoms with Crippen molar-refractivity contribution in [3.8, 4) is 0 Å². The zero-order valence-corrected chi connectivity index (χ0v) is 11.2. The van der Waals surface area contributed by atoms with Gasteiger partial charge >= 0.3 is 5.97 Å². The number of carboxylic acid groups (broad SMARTS) is 1. The van der Waals surface area contributed by atoms with Gasteiger partial charge in [-0.3, -0.25) is 4.79 Å². The van der Waals surface area contributed by atoms with Crippen molar-refractivity contribution in [3.63, 3.8) is 0 Å². The lowest BCUT2D eigenvalue weighted by molar-refractivity contribution is -0.137. The van der Waals surface area contributed by atoms with Gasteiger partial charge in [-0.1, -0.05) is 0 Å². The van der Waals surface area contributed by atoms with Crippen LogP contribution in [0.3, 0.4) is 0 Å². The number of nitrogens with zero attached hydrogens (tertiary/aromatic N) is 2. The highest BCUT2D eigenvalue weighted by Crippen LogP contribution is 2.39. The Morgan fingerprint density at radius 2 is 2.20 bits per heavy atom. The van der Waals surface area contributed by atoms with Crippen molar-refractivity contribution in [2.24, 2.45) is 0 Å². The van der Waals surface area contributed by atoms with Crippen LogP contribution in [-0.4, -0.2) is 20.6 Å². The van der Waals surface area contributed by atoms with Crippen LogP contribution in [0.25, 0.3) is 11.0 Å². The molecule has 1 heterocycles. The molecule has 1 aliphatic carbocycles. The van der Waals surface area contributed by atoms with Crippen molar-refractivity contribution in [1.82, 2.24) is 9.55 Å². The van der Waals surface area contributed by atoms with E-state index in [-0.39, 0.29) is 12.2 Å². The molecule has 1 saturated carbocycles. The molecule has 0 atom stereocenters. The van der Waals surface area contributed by atoms with E-state index in [9.17, 15) is 9.18 Å². The Labute approximate surface area is 116 Å². The van der Waals surface area contributed by atoms with E-state index in [0.29, 0.717) is 12.5 Å². The number of hydrogen-bond acceptors (Lipinski definition) is 2. The molecular weight excluding hydrogens is 259 g/mol. The summed E-state index contributed by atoms with van der Waals surface area (Å²) in [7, 11) is 0. The lowest BCUT2D eigenvalue weighted by Crippen LogP contribution is -2.02. The summed E-state index contributed by atoms with van der Waals surface area (Å²) < 4.78 is 15.5. The van der Waals surface area contributed by atoms with Gasteiger partial charge in [0, 0.05) is 18.9 Å². The van der Waals surface area contributed by atoms with E-state index in [2.05, 4.69) is 9.55 Å². The van der Waals surface area contributed by atoms with Gasteiger partial charge < -0.3 is 9.67 Å². The summed E-state index contributed by atoms with van der Waals surface area (Å²) in [5, 5.41) is 8.65. The first-order valence-corrected chi connectivity index (χ1v) is 7.03. The second-order valence-electron chi connectivity index (χ2n) is 5.36. The van der Waals surface area contributed by atoms with Gasteiger partial charge in [-0.2, -0.15) is 0 Å². The van der Waals surface area contributed by atoms with Gasteiger partial charge in [0.1, 0.15) is 11.6 Å². The van der Waals surface area contributed by atoms with Crippen LogP contribution in [0.15, 0.2) is 18.2 Å². The second-order valence-corrected chi connectivity index (χ2v) is 5.36. The number of hydrogen-bond donors (Lipinski definition) is 1. The summed E-state index contributed by atoms with van der Waals surface area (Å²) in [5.41, 5.74) is 1.69. The molecule has 1 aromatic heterocycles. The van der Waals surface area contributed by atoms with E-state index in [1.165, 1.54) is 6.07 Å². The molecule has 0 saturated heterocycles. The highest BCUT2D eigenvalue weighted by atomic mass is 19.1. The molecular formula is C15H17FN2O2. The standard InChI is InChI=1S/C15H17FN2O2/c16-10-5-8-12-13(9-10)18(11-6-7-11)14(17-12)3-1-2-4-15(19)20/h5,8-9,11H,1-4,6-7H2,(H,19,20). The van der Waals surface area contributed by atoms with Crippen molar-refractivity contribution < 1.29 is 14.3 Å². The average Bonchev–Trinajstić information content (AvgIpc) is 3.16. The van der Waals surface area contributed by atoms with Crippen molar-refractivity contribution in [2.45, 2.75) is 44.6 Å². The van der Waals surface area contributed by atoms with Gasteiger partial charge in [0.05, 0.1) is 11.0 Å². The molecule has 1 fully saturated rings. The highest BCUT2D eigenvalue weighted by Gasteiger charge is 2.28. The first-order chi connectivity index (χ1) is 9.65. The average molecular weight is 276 g/mol. The third kappa shape index (κ3) is 2.66. The maximum absolute atomic E-state index is 13.4. The van der Waals surface area contributed by atoms with Crippen LogP contribution in [-0.2, 0) is 11.2 Å². The lowest BCUT2D eigenvalue weighted by atomic mass is 10.2. The molecule has 0 spiro atoms. The molecule has 0 radical (unpaired) electrons. The number of aromatic nitrogens is 2. The summed E-state index contributed by atoms with van der Waals surface area (Å²) >= 11 is 0. The van der Waals surface area contributed by atoms with Crippen molar-refractivity contribution in [2.75, 3.05) is 0 Å². The van der Waals surface area contributed by atoms with Crippen LogP contribution in [0.1, 0.15) is 44.0 Å². The van der Waals surface area contributed by atoms with Gasteiger partial charge in [0.25, 0.3) is 0 Å². The Kier molecular flexibility index (Phi) is 3.42. The molecule has 1 aromatic carbocycles. The van der Waals surface area contributed by atoms with Crippen LogP contribution >= 0.6 is 0 Å². The molecule has 20 heavy (non-hydrogen) atoms. The van der Waals surface area contributed by atoms with Crippen molar-refractivity contribution in [1.29, 1.82) is 0 Å². The smallest absolute Gasteiger partial charge is 0.303 e. The highest BCUT2D eigenvalue weighted by molar-refractivity contribution is 5.76. The number of fused-ring (bicyclic) bond motifs is 1. The van der Waals surface area contributed by atoms with E-state index in [4.69, 9.17) is 5.11 Å². The van der Waals surface area contributed by atoms with E-state index < -0.39 is 5.97 Å². The van der Waals surface area contributed by atoms with Gasteiger partial charge in [-0.25, -0.2) is 9.37 Å². The lowest BCUT2D eigenvalue weighted by Gasteiger charge is -2.07. The molecule has 4 nitrogen and oxygen atoms in total.